The number of nitrogens with one attached hydrogen (secondary N) is 1. The fourth-order valence-electron chi connectivity index (χ4n) is 1.27. The van der Waals surface area contributed by atoms with Crippen molar-refractivity contribution in [3.63, 3.8) is 0 Å². The molecule has 0 saturated carbocycles. The van der Waals surface area contributed by atoms with Crippen LogP contribution < -0.4 is 10.6 Å². The van der Waals surface area contributed by atoms with Crippen LogP contribution in [0.1, 0.15) is 13.8 Å². The monoisotopic (exact) mass is 262 g/mol. The summed E-state index contributed by atoms with van der Waals surface area (Å²) >= 11 is 0. The Morgan fingerprint density at radius 1 is 1.35 bits per heavy atom. The van der Waals surface area contributed by atoms with E-state index >= 15 is 0 Å². The van der Waals surface area contributed by atoms with E-state index in [4.69, 9.17) is 5.90 Å². The summed E-state index contributed by atoms with van der Waals surface area (Å²) in [6, 6.07) is 4.55. The fourth-order valence-corrected chi connectivity index (χ4v) is 2.67. The molecule has 0 fully saturated rings. The first kappa shape index (κ1) is 14.0. The summed E-state index contributed by atoms with van der Waals surface area (Å²) < 4.78 is 38.9. The van der Waals surface area contributed by atoms with Gasteiger partial charge in [-0.15, -0.1) is 0 Å². The van der Waals surface area contributed by atoms with Gasteiger partial charge in [0, 0.05) is 0 Å². The zero-order valence-electron chi connectivity index (χ0n) is 9.60. The minimum atomic E-state index is -3.71. The molecule has 7 heteroatoms. The van der Waals surface area contributed by atoms with Crippen molar-refractivity contribution >= 4 is 10.0 Å². The quantitative estimate of drug-likeness (QED) is 0.768. The van der Waals surface area contributed by atoms with Crippen molar-refractivity contribution in [3.8, 4) is 0 Å². The minimum Gasteiger partial charge on any atom is -0.303 e. The third-order valence-corrected chi connectivity index (χ3v) is 3.69. The average Bonchev–Trinajstić information content (AvgIpc) is 2.16. The molecule has 0 aliphatic heterocycles. The molecule has 0 aliphatic rings. The molecular weight excluding hydrogens is 247 g/mol. The lowest BCUT2D eigenvalue weighted by molar-refractivity contribution is 0.0929. The molecule has 1 aromatic rings. The van der Waals surface area contributed by atoms with E-state index in [0.717, 1.165) is 12.1 Å². The zero-order valence-corrected chi connectivity index (χ0v) is 10.4. The maximum Gasteiger partial charge on any atom is 0.241 e. The smallest absolute Gasteiger partial charge is 0.241 e. The van der Waals surface area contributed by atoms with Gasteiger partial charge in [0.2, 0.25) is 10.0 Å². The number of hydrogen-bond acceptors (Lipinski definition) is 4. The topological polar surface area (TPSA) is 81.4 Å². The van der Waals surface area contributed by atoms with E-state index in [1.165, 1.54) is 12.1 Å². The lowest BCUT2D eigenvalue weighted by Gasteiger charge is -2.24. The van der Waals surface area contributed by atoms with Crippen LogP contribution in [0.4, 0.5) is 4.39 Å². The third-order valence-electron chi connectivity index (χ3n) is 1.98. The highest BCUT2D eigenvalue weighted by atomic mass is 32.2. The van der Waals surface area contributed by atoms with E-state index < -0.39 is 21.4 Å². The van der Waals surface area contributed by atoms with Crippen molar-refractivity contribution in [3.05, 3.63) is 30.1 Å². The normalized spacial score (nSPS) is 12.7. The summed E-state index contributed by atoms with van der Waals surface area (Å²) in [6.45, 7) is 3.27. The second kappa shape index (κ2) is 5.09. The van der Waals surface area contributed by atoms with Crippen molar-refractivity contribution in [2.45, 2.75) is 24.3 Å². The summed E-state index contributed by atoms with van der Waals surface area (Å²) in [5.41, 5.74) is -0.845. The summed E-state index contributed by atoms with van der Waals surface area (Å²) in [6.07, 6.45) is 0. The molecule has 0 bridgehead atoms. The van der Waals surface area contributed by atoms with Gasteiger partial charge in [-0.3, -0.25) is 0 Å². The molecule has 0 unspecified atom stereocenters. The molecule has 0 radical (unpaired) electrons. The molecule has 0 aromatic heterocycles. The fraction of sp³-hybridized carbons (Fsp3) is 0.400. The molecule has 0 spiro atoms. The van der Waals surface area contributed by atoms with E-state index in [-0.39, 0.29) is 11.5 Å². The number of nitrogens with two attached hydrogens (primary N) is 1. The maximum atomic E-state index is 12.7. The van der Waals surface area contributed by atoms with Gasteiger partial charge in [0.25, 0.3) is 0 Å². The first-order valence-corrected chi connectivity index (χ1v) is 6.36. The summed E-state index contributed by atoms with van der Waals surface area (Å²) in [5, 5.41) is 0. The van der Waals surface area contributed by atoms with E-state index in [1.807, 2.05) is 0 Å². The van der Waals surface area contributed by atoms with Crippen LogP contribution >= 0.6 is 0 Å². The Kier molecular flexibility index (Phi) is 4.21. The first-order valence-electron chi connectivity index (χ1n) is 4.88. The van der Waals surface area contributed by atoms with Crippen LogP contribution in [0.2, 0.25) is 0 Å². The molecule has 5 nitrogen and oxygen atoms in total. The molecule has 96 valence electrons. The summed E-state index contributed by atoms with van der Waals surface area (Å²) in [5.74, 6) is 4.42. The second-order valence-electron chi connectivity index (χ2n) is 4.25. The Hall–Kier alpha value is -1.02. The van der Waals surface area contributed by atoms with Crippen LogP contribution in [0.5, 0.6) is 0 Å². The SMILES string of the molecule is CC(C)(CON)NS(=O)(=O)c1ccc(F)cc1. The molecule has 0 aliphatic carbocycles. The Labute approximate surface area is 99.8 Å². The first-order chi connectivity index (χ1) is 7.77. The van der Waals surface area contributed by atoms with Crippen LogP contribution in [-0.2, 0) is 14.9 Å². The molecular formula is C10H15FN2O3S. The van der Waals surface area contributed by atoms with Gasteiger partial charge >= 0.3 is 0 Å². The van der Waals surface area contributed by atoms with Gasteiger partial charge in [0.05, 0.1) is 17.0 Å². The molecule has 1 rings (SSSR count). The lowest BCUT2D eigenvalue weighted by atomic mass is 10.1. The van der Waals surface area contributed by atoms with Crippen molar-refractivity contribution < 1.29 is 17.6 Å². The Bertz CT molecular complexity index is 471. The Morgan fingerprint density at radius 3 is 2.35 bits per heavy atom. The molecule has 0 amide bonds. The third kappa shape index (κ3) is 4.04. The Balaban J connectivity index is 2.93. The molecule has 0 saturated heterocycles. The predicted molar refractivity (Wildman–Crippen MR) is 60.9 cm³/mol. The van der Waals surface area contributed by atoms with Crippen LogP contribution in [0.3, 0.4) is 0 Å². The van der Waals surface area contributed by atoms with E-state index in [9.17, 15) is 12.8 Å². The highest BCUT2D eigenvalue weighted by Gasteiger charge is 2.26. The molecule has 0 atom stereocenters. The average molecular weight is 262 g/mol. The van der Waals surface area contributed by atoms with Crippen LogP contribution in [0.25, 0.3) is 0 Å². The van der Waals surface area contributed by atoms with Crippen molar-refractivity contribution in [2.75, 3.05) is 6.61 Å². The van der Waals surface area contributed by atoms with Gasteiger partial charge in [-0.05, 0) is 38.1 Å². The summed E-state index contributed by atoms with van der Waals surface area (Å²) in [7, 11) is -3.71. The van der Waals surface area contributed by atoms with E-state index in [0.29, 0.717) is 0 Å². The number of sulfonamides is 1. The number of benzene rings is 1. The molecule has 1 aromatic carbocycles. The predicted octanol–water partition coefficient (Wildman–Crippen LogP) is 0.773. The highest BCUT2D eigenvalue weighted by molar-refractivity contribution is 7.89. The van der Waals surface area contributed by atoms with Gasteiger partial charge in [-0.25, -0.2) is 23.4 Å². The van der Waals surface area contributed by atoms with Crippen LogP contribution in [0, 0.1) is 5.82 Å². The van der Waals surface area contributed by atoms with Crippen molar-refractivity contribution in [1.82, 2.24) is 4.72 Å². The Morgan fingerprint density at radius 2 is 1.88 bits per heavy atom. The molecule has 17 heavy (non-hydrogen) atoms. The van der Waals surface area contributed by atoms with Crippen molar-refractivity contribution in [2.24, 2.45) is 5.90 Å². The van der Waals surface area contributed by atoms with Gasteiger partial charge < -0.3 is 4.84 Å². The molecule has 3 N–H and O–H groups in total. The highest BCUT2D eigenvalue weighted by Crippen LogP contribution is 2.13. The standard InChI is InChI=1S/C10H15FN2O3S/c1-10(2,7-16-12)13-17(14,15)9-5-3-8(11)4-6-9/h3-6,13H,7,12H2,1-2H3. The minimum absolute atomic E-state index is 0.0102. The van der Waals surface area contributed by atoms with Gasteiger partial charge in [-0.2, -0.15) is 0 Å². The lowest BCUT2D eigenvalue weighted by Crippen LogP contribution is -2.47. The maximum absolute atomic E-state index is 12.7. The van der Waals surface area contributed by atoms with Crippen LogP contribution in [0.15, 0.2) is 29.2 Å². The van der Waals surface area contributed by atoms with E-state index in [1.54, 1.807) is 13.8 Å². The van der Waals surface area contributed by atoms with Gasteiger partial charge in [0.15, 0.2) is 0 Å². The molecule has 0 heterocycles. The van der Waals surface area contributed by atoms with Crippen LogP contribution in [-0.4, -0.2) is 20.6 Å². The second-order valence-corrected chi connectivity index (χ2v) is 5.94. The van der Waals surface area contributed by atoms with Gasteiger partial charge in [0.1, 0.15) is 5.82 Å². The van der Waals surface area contributed by atoms with Gasteiger partial charge in [-0.1, -0.05) is 0 Å². The zero-order chi connectivity index (χ0) is 13.1. The summed E-state index contributed by atoms with van der Waals surface area (Å²) in [4.78, 5) is 4.41. The number of halogens is 1. The van der Waals surface area contributed by atoms with E-state index in [2.05, 4.69) is 9.56 Å². The number of hydrogen-bond donors (Lipinski definition) is 2. The largest absolute Gasteiger partial charge is 0.303 e. The van der Waals surface area contributed by atoms with Crippen molar-refractivity contribution in [1.29, 1.82) is 0 Å². The number of rotatable bonds is 5.